The van der Waals surface area contributed by atoms with E-state index in [-0.39, 0.29) is 17.9 Å². The van der Waals surface area contributed by atoms with Gasteiger partial charge in [0.2, 0.25) is 0 Å². The summed E-state index contributed by atoms with van der Waals surface area (Å²) in [5.74, 6) is -0.370. The standard InChI is InChI=1S/C13H16N2O2/c1-9(14)5-4-8-15-12(16)10-6-2-3-7-11(10)13(15)17/h2-3,6-7,9H,4-5,8,14H2,1H3. The maximum absolute atomic E-state index is 12.0. The van der Waals surface area contributed by atoms with E-state index in [1.165, 1.54) is 4.90 Å². The predicted octanol–water partition coefficient (Wildman–Crippen LogP) is 1.41. The Labute approximate surface area is 100 Å². The van der Waals surface area contributed by atoms with Crippen LogP contribution in [0.15, 0.2) is 24.3 Å². The van der Waals surface area contributed by atoms with E-state index in [1.54, 1.807) is 24.3 Å². The molecule has 0 aliphatic carbocycles. The second kappa shape index (κ2) is 4.67. The van der Waals surface area contributed by atoms with E-state index in [0.717, 1.165) is 12.8 Å². The van der Waals surface area contributed by atoms with Gasteiger partial charge >= 0.3 is 0 Å². The van der Waals surface area contributed by atoms with Crippen LogP contribution in [0.5, 0.6) is 0 Å². The zero-order chi connectivity index (χ0) is 12.4. The molecule has 1 aromatic rings. The number of hydrogen-bond acceptors (Lipinski definition) is 3. The summed E-state index contributed by atoms with van der Waals surface area (Å²) in [6.07, 6.45) is 1.57. The first-order valence-electron chi connectivity index (χ1n) is 5.82. The fourth-order valence-corrected chi connectivity index (χ4v) is 2.01. The van der Waals surface area contributed by atoms with Gasteiger partial charge in [-0.05, 0) is 31.9 Å². The molecule has 90 valence electrons. The molecule has 2 amide bonds. The largest absolute Gasteiger partial charge is 0.328 e. The van der Waals surface area contributed by atoms with Crippen molar-refractivity contribution in [2.75, 3.05) is 6.54 Å². The van der Waals surface area contributed by atoms with Crippen LogP contribution in [0, 0.1) is 0 Å². The van der Waals surface area contributed by atoms with Crippen molar-refractivity contribution in [3.8, 4) is 0 Å². The number of benzene rings is 1. The molecular weight excluding hydrogens is 216 g/mol. The molecule has 4 heteroatoms. The highest BCUT2D eigenvalue weighted by molar-refractivity contribution is 6.21. The normalized spacial score (nSPS) is 16.2. The number of hydrogen-bond donors (Lipinski definition) is 1. The maximum atomic E-state index is 12.0. The number of nitrogens with two attached hydrogens (primary N) is 1. The van der Waals surface area contributed by atoms with Crippen molar-refractivity contribution in [3.05, 3.63) is 35.4 Å². The van der Waals surface area contributed by atoms with E-state index in [4.69, 9.17) is 5.73 Å². The van der Waals surface area contributed by atoms with Crippen molar-refractivity contribution in [2.24, 2.45) is 5.73 Å². The SMILES string of the molecule is CC(N)CCCN1C(=O)c2ccccc2C1=O. The first kappa shape index (κ1) is 11.8. The predicted molar refractivity (Wildman–Crippen MR) is 64.7 cm³/mol. The van der Waals surface area contributed by atoms with Gasteiger partial charge in [-0.1, -0.05) is 12.1 Å². The third kappa shape index (κ3) is 2.22. The molecule has 0 saturated carbocycles. The summed E-state index contributed by atoms with van der Waals surface area (Å²) in [7, 11) is 0. The molecule has 1 unspecified atom stereocenters. The van der Waals surface area contributed by atoms with Gasteiger partial charge in [0.15, 0.2) is 0 Å². The Kier molecular flexibility index (Phi) is 3.24. The highest BCUT2D eigenvalue weighted by Gasteiger charge is 2.34. The Hall–Kier alpha value is -1.68. The van der Waals surface area contributed by atoms with Gasteiger partial charge < -0.3 is 5.73 Å². The molecule has 0 radical (unpaired) electrons. The number of imide groups is 1. The lowest BCUT2D eigenvalue weighted by Crippen LogP contribution is -2.31. The quantitative estimate of drug-likeness (QED) is 0.798. The van der Waals surface area contributed by atoms with Crippen LogP contribution in [0.3, 0.4) is 0 Å². The molecule has 0 bridgehead atoms. The van der Waals surface area contributed by atoms with Gasteiger partial charge in [0.1, 0.15) is 0 Å². The first-order chi connectivity index (χ1) is 8.11. The third-order valence-corrected chi connectivity index (χ3v) is 2.92. The monoisotopic (exact) mass is 232 g/mol. The summed E-state index contributed by atoms with van der Waals surface area (Å²) in [5, 5.41) is 0. The van der Waals surface area contributed by atoms with Crippen molar-refractivity contribution in [3.63, 3.8) is 0 Å². The maximum Gasteiger partial charge on any atom is 0.261 e. The molecule has 1 atom stereocenters. The van der Waals surface area contributed by atoms with Crippen molar-refractivity contribution in [1.29, 1.82) is 0 Å². The molecule has 2 rings (SSSR count). The minimum Gasteiger partial charge on any atom is -0.328 e. The Morgan fingerprint density at radius 2 is 1.71 bits per heavy atom. The average molecular weight is 232 g/mol. The molecule has 1 aliphatic heterocycles. The van der Waals surface area contributed by atoms with Gasteiger partial charge in [0, 0.05) is 12.6 Å². The van der Waals surface area contributed by atoms with E-state index in [9.17, 15) is 9.59 Å². The van der Waals surface area contributed by atoms with E-state index in [1.807, 2.05) is 6.92 Å². The second-order valence-electron chi connectivity index (χ2n) is 4.43. The van der Waals surface area contributed by atoms with Crippen LogP contribution in [0.1, 0.15) is 40.5 Å². The van der Waals surface area contributed by atoms with E-state index >= 15 is 0 Å². The summed E-state index contributed by atoms with van der Waals surface area (Å²) in [6.45, 7) is 2.37. The number of rotatable bonds is 4. The Morgan fingerprint density at radius 1 is 1.18 bits per heavy atom. The zero-order valence-corrected chi connectivity index (χ0v) is 9.85. The van der Waals surface area contributed by atoms with Gasteiger partial charge in [-0.3, -0.25) is 14.5 Å². The summed E-state index contributed by atoms with van der Waals surface area (Å²) >= 11 is 0. The third-order valence-electron chi connectivity index (χ3n) is 2.92. The van der Waals surface area contributed by atoms with Crippen LogP contribution >= 0.6 is 0 Å². The van der Waals surface area contributed by atoms with Crippen molar-refractivity contribution >= 4 is 11.8 Å². The molecule has 0 fully saturated rings. The van der Waals surface area contributed by atoms with Crippen molar-refractivity contribution in [1.82, 2.24) is 4.90 Å². The Balaban J connectivity index is 2.08. The van der Waals surface area contributed by atoms with E-state index in [0.29, 0.717) is 17.7 Å². The highest BCUT2D eigenvalue weighted by Crippen LogP contribution is 2.22. The fraction of sp³-hybridized carbons (Fsp3) is 0.385. The van der Waals surface area contributed by atoms with Gasteiger partial charge in [0.05, 0.1) is 11.1 Å². The van der Waals surface area contributed by atoms with Gasteiger partial charge in [-0.15, -0.1) is 0 Å². The number of carbonyl (C=O) groups excluding carboxylic acids is 2. The summed E-state index contributed by atoms with van der Waals surface area (Å²) in [4.78, 5) is 25.2. The molecular formula is C13H16N2O2. The van der Waals surface area contributed by atoms with E-state index in [2.05, 4.69) is 0 Å². The molecule has 0 spiro atoms. The van der Waals surface area contributed by atoms with Gasteiger partial charge in [-0.2, -0.15) is 0 Å². The molecule has 1 heterocycles. The van der Waals surface area contributed by atoms with Gasteiger partial charge in [-0.25, -0.2) is 0 Å². The summed E-state index contributed by atoms with van der Waals surface area (Å²) in [5.41, 5.74) is 6.67. The Bertz CT molecular complexity index is 419. The lowest BCUT2D eigenvalue weighted by Gasteiger charge is -2.14. The molecule has 1 aliphatic rings. The van der Waals surface area contributed by atoms with Crippen molar-refractivity contribution in [2.45, 2.75) is 25.8 Å². The Morgan fingerprint density at radius 3 is 2.18 bits per heavy atom. The lowest BCUT2D eigenvalue weighted by atomic mass is 10.1. The van der Waals surface area contributed by atoms with Crippen molar-refractivity contribution < 1.29 is 9.59 Å². The van der Waals surface area contributed by atoms with Crippen LogP contribution in [-0.4, -0.2) is 29.3 Å². The smallest absolute Gasteiger partial charge is 0.261 e. The summed E-state index contributed by atoms with van der Waals surface area (Å²) in [6, 6.07) is 7.04. The number of carbonyl (C=O) groups is 2. The van der Waals surface area contributed by atoms with Crippen LogP contribution in [0.2, 0.25) is 0 Å². The van der Waals surface area contributed by atoms with Gasteiger partial charge in [0.25, 0.3) is 11.8 Å². The summed E-state index contributed by atoms with van der Waals surface area (Å²) < 4.78 is 0. The van der Waals surface area contributed by atoms with E-state index < -0.39 is 0 Å². The minimum absolute atomic E-state index is 0.102. The first-order valence-corrected chi connectivity index (χ1v) is 5.82. The topological polar surface area (TPSA) is 63.4 Å². The second-order valence-corrected chi connectivity index (χ2v) is 4.43. The van der Waals surface area contributed by atoms with Crippen LogP contribution in [0.25, 0.3) is 0 Å². The van der Waals surface area contributed by atoms with Crippen LogP contribution < -0.4 is 5.73 Å². The molecule has 2 N–H and O–H groups in total. The number of amides is 2. The van der Waals surface area contributed by atoms with Crippen LogP contribution in [-0.2, 0) is 0 Å². The molecule has 0 saturated heterocycles. The zero-order valence-electron chi connectivity index (χ0n) is 9.85. The lowest BCUT2D eigenvalue weighted by molar-refractivity contribution is 0.0651. The number of nitrogens with zero attached hydrogens (tertiary/aromatic N) is 1. The van der Waals surface area contributed by atoms with Crippen LogP contribution in [0.4, 0.5) is 0 Å². The molecule has 4 nitrogen and oxygen atoms in total. The average Bonchev–Trinajstić information content (AvgIpc) is 2.54. The minimum atomic E-state index is -0.185. The molecule has 0 aromatic heterocycles. The molecule has 1 aromatic carbocycles. The molecule has 17 heavy (non-hydrogen) atoms. The highest BCUT2D eigenvalue weighted by atomic mass is 16.2. The fourth-order valence-electron chi connectivity index (χ4n) is 2.01. The number of fused-ring (bicyclic) bond motifs is 1.